The highest BCUT2D eigenvalue weighted by Gasteiger charge is 2.93. The molecule has 63 heavy (non-hydrogen) atoms. The molecule has 0 aliphatic carbocycles. The van der Waals surface area contributed by atoms with Crippen molar-refractivity contribution in [2.24, 2.45) is 0 Å². The van der Waals surface area contributed by atoms with Gasteiger partial charge in [-0.3, -0.25) is 0 Å². The van der Waals surface area contributed by atoms with E-state index < -0.39 is 107 Å². The summed E-state index contributed by atoms with van der Waals surface area (Å²) in [6.07, 6.45) is -6.04. The van der Waals surface area contributed by atoms with Gasteiger partial charge in [-0.05, 0) is 24.3 Å². The van der Waals surface area contributed by atoms with Crippen LogP contribution in [0.1, 0.15) is 0 Å². The van der Waals surface area contributed by atoms with Gasteiger partial charge in [-0.2, -0.15) is 80.2 Å². The topological polar surface area (TPSA) is 62.1 Å². The molecule has 0 saturated carbocycles. The Balaban J connectivity index is 1.45. The van der Waals surface area contributed by atoms with E-state index in [0.717, 1.165) is 6.07 Å². The molecule has 0 atom stereocenters. The van der Waals surface area contributed by atoms with Crippen molar-refractivity contribution in [3.05, 3.63) is 102 Å². The van der Waals surface area contributed by atoms with Gasteiger partial charge in [-0.1, -0.05) is 48.5 Å². The van der Waals surface area contributed by atoms with Crippen molar-refractivity contribution in [3.8, 4) is 34.8 Å². The smallest absolute Gasteiger partial charge is 0.385 e. The molecule has 0 unspecified atom stereocenters. The van der Waals surface area contributed by atoms with Crippen LogP contribution in [-0.4, -0.2) is 74.0 Å². The average molecular weight is 934 g/mol. The minimum atomic E-state index is -8.72. The summed E-state index contributed by atoms with van der Waals surface area (Å²) in [6.45, 7) is -3.52. The lowest BCUT2D eigenvalue weighted by Gasteiger charge is -2.42. The lowest BCUT2D eigenvalue weighted by atomic mass is 9.89. The molecule has 4 aromatic carbocycles. The van der Waals surface area contributed by atoms with Gasteiger partial charge < -0.3 is 14.0 Å². The number of ether oxygens (including phenoxy) is 2. The van der Waals surface area contributed by atoms with E-state index in [0.29, 0.717) is 22.0 Å². The molecule has 0 saturated heterocycles. The molecule has 6 aromatic rings. The SMILES string of the molecule is Fc1c(F)c(F)c(Oc2nc(OCC(F)(F)C(F)(F)C(F)(F)C(F)(F)C(F)(F)C(F)(F)C(F)(F)C(F)F)nc(-c3ccc4c5ccccc5n(-c5ccccc5)c4c3)n2)c(F)c1F. The number of fused-ring (bicyclic) bond motifs is 3. The molecule has 0 bridgehead atoms. The van der Waals surface area contributed by atoms with Gasteiger partial charge in [0.25, 0.3) is 0 Å². The summed E-state index contributed by atoms with van der Waals surface area (Å²) in [4.78, 5) is 9.90. The number of hydrogen-bond donors (Lipinski definition) is 0. The molecule has 0 aliphatic heterocycles. The van der Waals surface area contributed by atoms with Gasteiger partial charge in [-0.15, -0.1) is 4.98 Å². The molecule has 0 fully saturated rings. The van der Waals surface area contributed by atoms with Crippen LogP contribution >= 0.6 is 0 Å². The minimum Gasteiger partial charge on any atom is -0.457 e. The van der Waals surface area contributed by atoms with E-state index in [1.165, 1.54) is 12.1 Å². The zero-order valence-corrected chi connectivity index (χ0v) is 29.8. The first kappa shape index (κ1) is 46.3. The normalized spacial score (nSPS) is 13.7. The maximum Gasteiger partial charge on any atom is 0.385 e. The molecule has 0 amide bonds. The van der Waals surface area contributed by atoms with Crippen LogP contribution in [-0.2, 0) is 0 Å². The fourth-order valence-electron chi connectivity index (χ4n) is 5.72. The van der Waals surface area contributed by atoms with Crippen LogP contribution in [0.25, 0.3) is 38.9 Å². The summed E-state index contributed by atoms with van der Waals surface area (Å²) in [5.74, 6) is -73.9. The fraction of sp³-hybridized carbons (Fsp3) is 0.250. The van der Waals surface area contributed by atoms with Crippen LogP contribution in [0.2, 0.25) is 0 Å². The molecule has 27 heteroatoms. The van der Waals surface area contributed by atoms with Crippen molar-refractivity contribution in [3.63, 3.8) is 0 Å². The van der Waals surface area contributed by atoms with Gasteiger partial charge in [0, 0.05) is 22.0 Å². The van der Waals surface area contributed by atoms with Gasteiger partial charge in [0.15, 0.2) is 12.4 Å². The maximum absolute atomic E-state index is 14.8. The lowest BCUT2D eigenvalue weighted by Crippen LogP contribution is -2.74. The number of aromatic nitrogens is 4. The van der Waals surface area contributed by atoms with Crippen LogP contribution in [0.5, 0.6) is 17.8 Å². The molecule has 338 valence electrons. The molecule has 0 N–H and O–H groups in total. The van der Waals surface area contributed by atoms with Crippen LogP contribution in [0.15, 0.2) is 72.8 Å². The third kappa shape index (κ3) is 7.01. The second-order valence-electron chi connectivity index (χ2n) is 12.9. The molecular formula is C36H15F21N4O2. The van der Waals surface area contributed by atoms with E-state index in [2.05, 4.69) is 24.4 Å². The second-order valence-corrected chi connectivity index (χ2v) is 12.9. The van der Waals surface area contributed by atoms with E-state index >= 15 is 0 Å². The van der Waals surface area contributed by atoms with E-state index in [9.17, 15) is 92.2 Å². The zero-order valence-electron chi connectivity index (χ0n) is 29.8. The largest absolute Gasteiger partial charge is 0.457 e. The van der Waals surface area contributed by atoms with Crippen LogP contribution in [0, 0.1) is 29.1 Å². The molecule has 0 spiro atoms. The van der Waals surface area contributed by atoms with Crippen molar-refractivity contribution >= 4 is 21.8 Å². The summed E-state index contributed by atoms with van der Waals surface area (Å²) < 4.78 is 304. The monoisotopic (exact) mass is 934 g/mol. The summed E-state index contributed by atoms with van der Waals surface area (Å²) in [6, 6.07) is 14.6. The second kappa shape index (κ2) is 15.3. The standard InChI is InChI=1S/C36H15F21N4O2/c37-20-21(38)23(40)25(24(41)22(20)39)63-29-59-26(14-10-11-17-16-8-4-5-9-18(16)61(19(17)12-14)15-6-2-1-3-7-15)58-28(60-29)62-13-30(44,45)32(48,49)34(52,53)36(56,57)35(54,55)33(50,51)31(46,47)27(42)43/h1-12,27H,13H2. The number of alkyl halides is 16. The van der Waals surface area contributed by atoms with E-state index in [1.807, 2.05) is 0 Å². The fourth-order valence-corrected chi connectivity index (χ4v) is 5.72. The minimum absolute atomic E-state index is 0.230. The Bertz CT molecular complexity index is 2680. The van der Waals surface area contributed by atoms with Gasteiger partial charge >= 0.3 is 59.9 Å². The first-order valence-electron chi connectivity index (χ1n) is 16.6. The number of rotatable bonds is 14. The van der Waals surface area contributed by atoms with E-state index in [4.69, 9.17) is 0 Å². The Morgan fingerprint density at radius 3 is 1.59 bits per heavy atom. The number of halogens is 21. The van der Waals surface area contributed by atoms with Crippen molar-refractivity contribution in [1.29, 1.82) is 0 Å². The molecule has 2 heterocycles. The Morgan fingerprint density at radius 2 is 1.00 bits per heavy atom. The Hall–Kier alpha value is -6.18. The lowest BCUT2D eigenvalue weighted by molar-refractivity contribution is -0.447. The third-order valence-electron chi connectivity index (χ3n) is 9.02. The summed E-state index contributed by atoms with van der Waals surface area (Å²) in [5.41, 5.74) is 0.864. The highest BCUT2D eigenvalue weighted by molar-refractivity contribution is 6.10. The number of nitrogens with zero attached hydrogens (tertiary/aromatic N) is 4. The number of hydrogen-bond acceptors (Lipinski definition) is 5. The van der Waals surface area contributed by atoms with Gasteiger partial charge in [0.2, 0.25) is 34.8 Å². The van der Waals surface area contributed by atoms with Crippen molar-refractivity contribution < 1.29 is 102 Å². The third-order valence-corrected chi connectivity index (χ3v) is 9.02. The predicted molar refractivity (Wildman–Crippen MR) is 172 cm³/mol. The van der Waals surface area contributed by atoms with Crippen molar-refractivity contribution in [2.45, 2.75) is 47.9 Å². The van der Waals surface area contributed by atoms with Crippen LogP contribution < -0.4 is 9.47 Å². The summed E-state index contributed by atoms with van der Waals surface area (Å²) in [5, 5.41) is 1.02. The van der Waals surface area contributed by atoms with E-state index in [-0.39, 0.29) is 11.1 Å². The Kier molecular flexibility index (Phi) is 11.2. The summed E-state index contributed by atoms with van der Waals surface area (Å²) >= 11 is 0. The number of para-hydroxylation sites is 2. The molecule has 0 radical (unpaired) electrons. The molecular weight excluding hydrogens is 919 g/mol. The van der Waals surface area contributed by atoms with Crippen LogP contribution in [0.4, 0.5) is 92.2 Å². The Labute approximate surface area is 334 Å². The van der Waals surface area contributed by atoms with Crippen LogP contribution in [0.3, 0.4) is 0 Å². The van der Waals surface area contributed by atoms with E-state index in [1.54, 1.807) is 59.2 Å². The summed E-state index contributed by atoms with van der Waals surface area (Å²) in [7, 11) is 0. The van der Waals surface area contributed by atoms with Gasteiger partial charge in [0.05, 0.1) is 11.0 Å². The molecule has 2 aromatic heterocycles. The van der Waals surface area contributed by atoms with Crippen molar-refractivity contribution in [2.75, 3.05) is 6.61 Å². The first-order valence-corrected chi connectivity index (χ1v) is 16.6. The average Bonchev–Trinajstić information content (AvgIpc) is 3.56. The highest BCUT2D eigenvalue weighted by atomic mass is 19.4. The Morgan fingerprint density at radius 1 is 0.508 bits per heavy atom. The predicted octanol–water partition coefficient (Wildman–Crippen LogP) is 12.2. The maximum atomic E-state index is 14.8. The molecule has 0 aliphatic rings. The zero-order chi connectivity index (χ0) is 47.0. The molecule has 6 nitrogen and oxygen atoms in total. The van der Waals surface area contributed by atoms with Gasteiger partial charge in [0.1, 0.15) is 0 Å². The number of benzene rings is 4. The molecule has 6 rings (SSSR count). The van der Waals surface area contributed by atoms with Gasteiger partial charge in [-0.25, -0.2) is 22.0 Å². The van der Waals surface area contributed by atoms with Crippen molar-refractivity contribution in [1.82, 2.24) is 19.5 Å². The highest BCUT2D eigenvalue weighted by Crippen LogP contribution is 2.62. The quantitative estimate of drug-likeness (QED) is 0.0619. The first-order chi connectivity index (χ1) is 29.0.